The zero-order valence-corrected chi connectivity index (χ0v) is 15.1. The van der Waals surface area contributed by atoms with Gasteiger partial charge in [-0.05, 0) is 19.1 Å². The van der Waals surface area contributed by atoms with Gasteiger partial charge in [-0.15, -0.1) is 0 Å². The van der Waals surface area contributed by atoms with Gasteiger partial charge in [-0.25, -0.2) is 13.4 Å². The van der Waals surface area contributed by atoms with E-state index in [4.69, 9.17) is 34.8 Å². The molecule has 0 heterocycles. The number of benzene rings is 2. The Morgan fingerprint density at radius 3 is 2.00 bits per heavy atom. The highest BCUT2D eigenvalue weighted by Crippen LogP contribution is 2.28. The lowest BCUT2D eigenvalue weighted by Gasteiger charge is -2.06. The molecule has 2 aromatic rings. The van der Waals surface area contributed by atoms with Crippen molar-refractivity contribution >= 4 is 49.8 Å². The summed E-state index contributed by atoms with van der Waals surface area (Å²) in [5, 5.41) is -0.504. The Bertz CT molecular complexity index is 854. The molecule has 23 heavy (non-hydrogen) atoms. The molecule has 7 heteroatoms. The highest BCUT2D eigenvalue weighted by Gasteiger charge is 2.24. The third kappa shape index (κ3) is 4.36. The van der Waals surface area contributed by atoms with Crippen LogP contribution in [0.5, 0.6) is 0 Å². The van der Waals surface area contributed by atoms with Gasteiger partial charge in [-0.1, -0.05) is 82.8 Å². The first-order valence-electron chi connectivity index (χ1n) is 6.49. The average Bonchev–Trinajstić information content (AvgIpc) is 2.53. The summed E-state index contributed by atoms with van der Waals surface area (Å²) < 4.78 is 24.7. The van der Waals surface area contributed by atoms with Crippen LogP contribution in [0.1, 0.15) is 11.1 Å². The molecule has 0 fully saturated rings. The lowest BCUT2D eigenvalue weighted by molar-refractivity contribution is 0.601. The summed E-state index contributed by atoms with van der Waals surface area (Å²) in [4.78, 5) is 3.97. The van der Waals surface area contributed by atoms with E-state index in [2.05, 4.69) is 4.99 Å². The molecule has 0 spiro atoms. The summed E-state index contributed by atoms with van der Waals surface area (Å²) in [5.41, 5.74) is 1.61. The highest BCUT2D eigenvalue weighted by molar-refractivity contribution is 7.95. The smallest absolute Gasteiger partial charge is 0.221 e. The van der Waals surface area contributed by atoms with Crippen LogP contribution in [-0.4, -0.2) is 13.6 Å². The molecule has 0 radical (unpaired) electrons. The van der Waals surface area contributed by atoms with Gasteiger partial charge < -0.3 is 0 Å². The van der Waals surface area contributed by atoms with E-state index in [0.29, 0.717) is 5.56 Å². The molecule has 0 unspecified atom stereocenters. The molecule has 0 aliphatic carbocycles. The number of hydrogen-bond acceptors (Lipinski definition) is 3. The van der Waals surface area contributed by atoms with Gasteiger partial charge in [-0.3, -0.25) is 0 Å². The van der Waals surface area contributed by atoms with Crippen molar-refractivity contribution in [2.75, 3.05) is 0 Å². The van der Waals surface area contributed by atoms with Gasteiger partial charge in [0.2, 0.25) is 9.84 Å². The second-order valence-electron chi connectivity index (χ2n) is 4.65. The lowest BCUT2D eigenvalue weighted by Crippen LogP contribution is -2.06. The Balaban J connectivity index is 2.51. The molecule has 0 aliphatic heterocycles. The second-order valence-corrected chi connectivity index (χ2v) is 7.82. The minimum atomic E-state index is -3.97. The molecule has 0 aromatic heterocycles. The molecular weight excluding hydrogens is 377 g/mol. The van der Waals surface area contributed by atoms with E-state index in [1.165, 1.54) is 12.1 Å². The summed E-state index contributed by atoms with van der Waals surface area (Å²) in [6.45, 7) is 1.93. The van der Waals surface area contributed by atoms with E-state index in [1.807, 2.05) is 19.1 Å². The maximum atomic E-state index is 12.6. The number of aryl methyl sites for hydroxylation is 1. The zero-order chi connectivity index (χ0) is 17.0. The van der Waals surface area contributed by atoms with Crippen molar-refractivity contribution in [3.05, 3.63) is 75.2 Å². The third-order valence-corrected chi connectivity index (χ3v) is 5.54. The Hall–Kier alpha value is -1.33. The third-order valence-electron chi connectivity index (χ3n) is 2.96. The molecule has 0 bridgehead atoms. The van der Waals surface area contributed by atoms with Crippen LogP contribution in [0.25, 0.3) is 0 Å². The number of nitrogens with zero attached hydrogens (tertiary/aromatic N) is 1. The molecule has 2 rings (SSSR count). The van der Waals surface area contributed by atoms with Crippen molar-refractivity contribution in [2.24, 2.45) is 4.99 Å². The predicted molar refractivity (Wildman–Crippen MR) is 95.9 cm³/mol. The molecule has 3 nitrogen and oxygen atoms in total. The average molecular weight is 389 g/mol. The van der Waals surface area contributed by atoms with Gasteiger partial charge in [0.15, 0.2) is 5.03 Å². The Morgan fingerprint density at radius 1 is 0.913 bits per heavy atom. The number of aliphatic imine (C=N–C) groups is 1. The van der Waals surface area contributed by atoms with E-state index in [1.54, 1.807) is 30.3 Å². The molecule has 0 saturated carbocycles. The Morgan fingerprint density at radius 2 is 1.48 bits per heavy atom. The maximum Gasteiger partial charge on any atom is 0.226 e. The fourth-order valence-corrected chi connectivity index (χ4v) is 3.87. The first-order valence-corrected chi connectivity index (χ1v) is 9.10. The van der Waals surface area contributed by atoms with E-state index in [9.17, 15) is 8.42 Å². The van der Waals surface area contributed by atoms with Crippen molar-refractivity contribution in [2.45, 2.75) is 11.8 Å². The molecule has 120 valence electrons. The summed E-state index contributed by atoms with van der Waals surface area (Å²) in [6.07, 6.45) is 0. The lowest BCUT2D eigenvalue weighted by atomic mass is 10.2. The van der Waals surface area contributed by atoms with E-state index in [0.717, 1.165) is 5.56 Å². The summed E-state index contributed by atoms with van der Waals surface area (Å²) in [6, 6.07) is 14.9. The number of halogens is 3. The Labute approximate surface area is 150 Å². The van der Waals surface area contributed by atoms with Crippen LogP contribution in [0.4, 0.5) is 0 Å². The fraction of sp³-hybridized carbons (Fsp3) is 0.0625. The Kier molecular flexibility index (Phi) is 5.87. The largest absolute Gasteiger partial charge is 0.226 e. The van der Waals surface area contributed by atoms with Crippen LogP contribution in [0, 0.1) is 6.92 Å². The van der Waals surface area contributed by atoms with Crippen LogP contribution < -0.4 is 0 Å². The van der Waals surface area contributed by atoms with Crippen molar-refractivity contribution in [1.29, 1.82) is 0 Å². The minimum Gasteiger partial charge on any atom is -0.221 e. The number of hydrogen-bond donors (Lipinski definition) is 0. The molecule has 0 amide bonds. The normalized spacial score (nSPS) is 12.1. The summed E-state index contributed by atoms with van der Waals surface area (Å²) >= 11 is 17.6. The SMILES string of the molecule is Cc1ccc(/C(Cl)=N/C(=C(Cl)Cl)S(=O)(=O)c2ccccc2)cc1. The molecule has 0 N–H and O–H groups in total. The predicted octanol–water partition coefficient (Wildman–Crippen LogP) is 5.06. The first-order chi connectivity index (χ1) is 10.8. The van der Waals surface area contributed by atoms with Gasteiger partial charge in [-0.2, -0.15) is 0 Å². The van der Waals surface area contributed by atoms with Crippen LogP contribution in [0.15, 0.2) is 74.0 Å². The van der Waals surface area contributed by atoms with E-state index in [-0.39, 0.29) is 10.1 Å². The minimum absolute atomic E-state index is 0.0155. The van der Waals surface area contributed by atoms with E-state index >= 15 is 0 Å². The molecule has 2 aromatic carbocycles. The summed E-state index contributed by atoms with van der Waals surface area (Å²) in [7, 11) is -3.97. The maximum absolute atomic E-state index is 12.6. The molecular formula is C16H12Cl3NO2S. The van der Waals surface area contributed by atoms with Crippen LogP contribution >= 0.6 is 34.8 Å². The highest BCUT2D eigenvalue weighted by atomic mass is 35.5. The van der Waals surface area contributed by atoms with Gasteiger partial charge >= 0.3 is 0 Å². The fourth-order valence-electron chi connectivity index (χ4n) is 1.76. The molecule has 0 aliphatic rings. The van der Waals surface area contributed by atoms with Crippen molar-refractivity contribution in [3.63, 3.8) is 0 Å². The molecule has 0 saturated heterocycles. The second kappa shape index (κ2) is 7.49. The zero-order valence-electron chi connectivity index (χ0n) is 12.0. The van der Waals surface area contributed by atoms with Crippen molar-refractivity contribution < 1.29 is 8.42 Å². The standard InChI is InChI=1S/C16H12Cl3NO2S/c1-11-7-9-12(10-8-11)15(19)20-16(14(17)18)23(21,22)13-5-3-2-4-6-13/h2-10H,1H3/b20-15-. The van der Waals surface area contributed by atoms with Crippen LogP contribution in [0.3, 0.4) is 0 Å². The van der Waals surface area contributed by atoms with E-state index < -0.39 is 19.4 Å². The van der Waals surface area contributed by atoms with Gasteiger partial charge in [0.25, 0.3) is 0 Å². The summed E-state index contributed by atoms with van der Waals surface area (Å²) in [5.74, 6) is 0. The van der Waals surface area contributed by atoms with Gasteiger partial charge in [0.1, 0.15) is 9.66 Å². The van der Waals surface area contributed by atoms with Crippen LogP contribution in [0.2, 0.25) is 0 Å². The number of sulfone groups is 1. The van der Waals surface area contributed by atoms with Crippen LogP contribution in [-0.2, 0) is 9.84 Å². The molecule has 0 atom stereocenters. The van der Waals surface area contributed by atoms with Gasteiger partial charge in [0.05, 0.1) is 4.90 Å². The quantitative estimate of drug-likeness (QED) is 0.687. The van der Waals surface area contributed by atoms with Crippen molar-refractivity contribution in [1.82, 2.24) is 0 Å². The monoisotopic (exact) mass is 387 g/mol. The first kappa shape index (κ1) is 18.0. The number of rotatable bonds is 4. The topological polar surface area (TPSA) is 46.5 Å². The van der Waals surface area contributed by atoms with Gasteiger partial charge in [0, 0.05) is 5.56 Å². The van der Waals surface area contributed by atoms with Crippen molar-refractivity contribution in [3.8, 4) is 0 Å².